The van der Waals surface area contributed by atoms with Crippen LogP contribution in [-0.4, -0.2) is 41.2 Å². The van der Waals surface area contributed by atoms with Gasteiger partial charge in [-0.2, -0.15) is 0 Å². The Balaban J connectivity index is 2.07. The molecule has 0 bridgehead atoms. The summed E-state index contributed by atoms with van der Waals surface area (Å²) in [6.45, 7) is 27.5. The molecule has 10 heteroatoms. The summed E-state index contributed by atoms with van der Waals surface area (Å²) in [5.74, 6) is -1.25. The lowest BCUT2D eigenvalue weighted by atomic mass is 10.2. The van der Waals surface area contributed by atoms with Crippen molar-refractivity contribution in [3.05, 3.63) is 120 Å². The quantitative estimate of drug-likeness (QED) is 0.0532. The molecule has 0 aromatic heterocycles. The Morgan fingerprint density at radius 1 is 0.357 bits per heavy atom. The highest BCUT2D eigenvalue weighted by atomic mass is 31.1. The molecular formula is C46H64F4O2P2Si2. The average Bonchev–Trinajstić information content (AvgIpc) is 3.13. The van der Waals surface area contributed by atoms with Gasteiger partial charge in [0, 0.05) is 12.3 Å². The fourth-order valence-electron chi connectivity index (χ4n) is 9.37. The summed E-state index contributed by atoms with van der Waals surface area (Å²) < 4.78 is 74.0. The van der Waals surface area contributed by atoms with Crippen LogP contribution < -0.4 is 21.2 Å². The van der Waals surface area contributed by atoms with E-state index in [1.54, 1.807) is 0 Å². The summed E-state index contributed by atoms with van der Waals surface area (Å²) in [7, 11) is -7.54. The lowest BCUT2D eigenvalue weighted by Gasteiger charge is -2.50. The zero-order valence-corrected chi connectivity index (χ0v) is 39.3. The first-order chi connectivity index (χ1) is 26.3. The van der Waals surface area contributed by atoms with Crippen LogP contribution >= 0.6 is 15.8 Å². The van der Waals surface area contributed by atoms with Crippen molar-refractivity contribution < 1.29 is 26.4 Å². The molecule has 0 heterocycles. The molecule has 56 heavy (non-hydrogen) atoms. The number of halogens is 4. The van der Waals surface area contributed by atoms with Gasteiger partial charge in [-0.25, -0.2) is 17.6 Å². The van der Waals surface area contributed by atoms with Crippen molar-refractivity contribution in [2.45, 2.75) is 129 Å². The molecular weight excluding hydrogens is 779 g/mol. The van der Waals surface area contributed by atoms with Crippen LogP contribution in [-0.2, 0) is 8.85 Å². The van der Waals surface area contributed by atoms with Crippen molar-refractivity contribution in [3.8, 4) is 0 Å². The molecule has 0 aliphatic rings. The largest absolute Gasteiger partial charge is 0.410 e. The Labute approximate surface area is 340 Å². The van der Waals surface area contributed by atoms with Crippen LogP contribution in [0.5, 0.6) is 0 Å². The van der Waals surface area contributed by atoms with Crippen LogP contribution in [0, 0.1) is 23.3 Å². The molecule has 0 N–H and O–H groups in total. The minimum Gasteiger partial charge on any atom is -0.410 e. The third-order valence-electron chi connectivity index (χ3n) is 11.8. The molecule has 4 rings (SSSR count). The maximum absolute atomic E-state index is 14.5. The van der Waals surface area contributed by atoms with Crippen LogP contribution in [0.2, 0.25) is 33.2 Å². The molecule has 4 aromatic carbocycles. The second-order valence-corrected chi connectivity index (χ2v) is 32.4. The second kappa shape index (κ2) is 20.2. The first kappa shape index (κ1) is 46.5. The van der Waals surface area contributed by atoms with Crippen molar-refractivity contribution in [1.29, 1.82) is 0 Å². The minimum absolute atomic E-state index is 0.284. The molecule has 0 aliphatic heterocycles. The minimum atomic E-state index is -2.59. The molecule has 2 nitrogen and oxygen atoms in total. The van der Waals surface area contributed by atoms with Crippen LogP contribution in [0.25, 0.3) is 0 Å². The van der Waals surface area contributed by atoms with Crippen LogP contribution in [0.1, 0.15) is 83.1 Å². The van der Waals surface area contributed by atoms with Gasteiger partial charge >= 0.3 is 0 Å². The molecule has 2 unspecified atom stereocenters. The van der Waals surface area contributed by atoms with Crippen molar-refractivity contribution >= 4 is 53.7 Å². The molecule has 0 aliphatic carbocycles. The Morgan fingerprint density at radius 3 is 0.696 bits per heavy atom. The maximum atomic E-state index is 14.5. The SMILES string of the molecule is CC(C)[Si](OC(CP(c1ccc(F)cc1)c1ccc(F)cc1)C(CP(c1ccc(F)cc1)c1ccc(F)cc1)O[Si](C(C)C)(C(C)C)C(C)C)(C(C)C)C(C)C. The van der Waals surface area contributed by atoms with Crippen LogP contribution in [0.15, 0.2) is 97.1 Å². The van der Waals surface area contributed by atoms with E-state index in [0.29, 0.717) is 12.3 Å². The molecule has 306 valence electrons. The van der Waals surface area contributed by atoms with Gasteiger partial charge in [0.25, 0.3) is 0 Å². The maximum Gasteiger partial charge on any atom is 0.200 e. The van der Waals surface area contributed by atoms with E-state index < -0.39 is 44.7 Å². The molecule has 0 saturated heterocycles. The summed E-state index contributed by atoms with van der Waals surface area (Å²) in [5, 5.41) is 3.91. The van der Waals surface area contributed by atoms with Gasteiger partial charge in [0.15, 0.2) is 0 Å². The summed E-state index contributed by atoms with van der Waals surface area (Å²) in [5.41, 5.74) is 1.70. The van der Waals surface area contributed by atoms with E-state index in [1.165, 1.54) is 48.5 Å². The standard InChI is InChI=1S/C46H64F4O2P2Si2/c1-31(2)55(32(3)4,33(5)6)51-45(29-53(41-21-13-37(47)14-22-41)42-23-15-38(48)16-24-42)46(52-56(34(7)8,35(9)10)36(11)12)30-54(43-25-17-39(49)18-26-43)44-27-19-40(50)20-28-44/h13-28,31-36,45-46H,29-30H2,1-12H3. The lowest BCUT2D eigenvalue weighted by Crippen LogP contribution is -2.58. The third kappa shape index (κ3) is 10.7. The molecule has 2 atom stereocenters. The summed E-state index contributed by atoms with van der Waals surface area (Å²) in [6.07, 6.45) is 0.355. The van der Waals surface area contributed by atoms with Gasteiger partial charge in [-0.05, 0) is 119 Å². The van der Waals surface area contributed by atoms with E-state index in [-0.39, 0.29) is 56.5 Å². The van der Waals surface area contributed by atoms with E-state index in [4.69, 9.17) is 8.85 Å². The van der Waals surface area contributed by atoms with Crippen LogP contribution in [0.4, 0.5) is 17.6 Å². The Kier molecular flexibility index (Phi) is 16.8. The van der Waals surface area contributed by atoms with E-state index in [9.17, 15) is 17.6 Å². The Bertz CT molecular complexity index is 1520. The number of rotatable bonds is 19. The topological polar surface area (TPSA) is 18.5 Å². The van der Waals surface area contributed by atoms with Gasteiger partial charge in [-0.3, -0.25) is 0 Å². The van der Waals surface area contributed by atoms with E-state index in [1.807, 2.05) is 48.5 Å². The van der Waals surface area contributed by atoms with E-state index in [0.717, 1.165) is 21.2 Å². The van der Waals surface area contributed by atoms with Gasteiger partial charge in [0.1, 0.15) is 23.3 Å². The van der Waals surface area contributed by atoms with Gasteiger partial charge in [-0.15, -0.1) is 0 Å². The number of hydrogen-bond acceptors (Lipinski definition) is 2. The fraction of sp³-hybridized carbons (Fsp3) is 0.478. The monoisotopic (exact) mass is 842 g/mol. The molecule has 0 amide bonds. The summed E-state index contributed by atoms with van der Waals surface area (Å²) in [6, 6.07) is 26.9. The number of hydrogen-bond donors (Lipinski definition) is 0. The predicted molar refractivity (Wildman–Crippen MR) is 240 cm³/mol. The second-order valence-electron chi connectivity index (χ2n) is 17.1. The van der Waals surface area contributed by atoms with Gasteiger partial charge in [0.2, 0.25) is 16.6 Å². The first-order valence-corrected chi connectivity index (χ1v) is 27.6. The molecule has 4 aromatic rings. The average molecular weight is 843 g/mol. The zero-order chi connectivity index (χ0) is 41.5. The Morgan fingerprint density at radius 2 is 0.536 bits per heavy atom. The van der Waals surface area contributed by atoms with Crippen molar-refractivity contribution in [2.75, 3.05) is 12.3 Å². The third-order valence-corrected chi connectivity index (χ3v) is 29.2. The first-order valence-electron chi connectivity index (χ1n) is 20.3. The molecule has 0 spiro atoms. The van der Waals surface area contributed by atoms with Gasteiger partial charge in [0.05, 0.1) is 12.2 Å². The zero-order valence-electron chi connectivity index (χ0n) is 35.5. The smallest absolute Gasteiger partial charge is 0.200 e. The predicted octanol–water partition coefficient (Wildman–Crippen LogP) is 12.9. The van der Waals surface area contributed by atoms with Gasteiger partial charge in [-0.1, -0.05) is 132 Å². The highest BCUT2D eigenvalue weighted by Gasteiger charge is 2.52. The highest BCUT2D eigenvalue weighted by Crippen LogP contribution is 2.50. The van der Waals surface area contributed by atoms with Crippen molar-refractivity contribution in [1.82, 2.24) is 0 Å². The molecule has 0 fully saturated rings. The fourth-order valence-corrected chi connectivity index (χ4v) is 25.6. The van der Waals surface area contributed by atoms with E-state index >= 15 is 0 Å². The van der Waals surface area contributed by atoms with Gasteiger partial charge < -0.3 is 8.85 Å². The summed E-state index contributed by atoms with van der Waals surface area (Å²) >= 11 is 0. The Hall–Kier alpha value is -2.19. The number of benzene rings is 4. The van der Waals surface area contributed by atoms with E-state index in [2.05, 4.69) is 83.1 Å². The van der Waals surface area contributed by atoms with Crippen molar-refractivity contribution in [2.24, 2.45) is 0 Å². The molecule has 0 radical (unpaired) electrons. The van der Waals surface area contributed by atoms with Crippen LogP contribution in [0.3, 0.4) is 0 Å². The molecule has 0 saturated carbocycles. The van der Waals surface area contributed by atoms with Crippen molar-refractivity contribution in [3.63, 3.8) is 0 Å². The lowest BCUT2D eigenvalue weighted by molar-refractivity contribution is 0.0577. The highest BCUT2D eigenvalue weighted by molar-refractivity contribution is 7.73. The summed E-state index contributed by atoms with van der Waals surface area (Å²) in [4.78, 5) is 0. The normalized spacial score (nSPS) is 14.1.